The van der Waals surface area contributed by atoms with Crippen molar-refractivity contribution in [2.75, 3.05) is 26.7 Å². The number of ether oxygens (including phenoxy) is 1. The van der Waals surface area contributed by atoms with Crippen LogP contribution in [-0.4, -0.2) is 49.7 Å². The minimum Gasteiger partial charge on any atom is -0.453 e. The van der Waals surface area contributed by atoms with Crippen LogP contribution in [0.1, 0.15) is 19.3 Å². The Morgan fingerprint density at radius 3 is 2.76 bits per heavy atom. The molecular formula is C11H19N3O3. The standard InChI is InChI=1S/C11H19N3O3/c1-17-10(16)13-8-2-5-14(6-8)9(15)11(7-12)3-4-11/h8H,2-7,12H2,1H3,(H,13,16). The third-order valence-electron chi connectivity index (χ3n) is 3.68. The van der Waals surface area contributed by atoms with Gasteiger partial charge in [-0.1, -0.05) is 0 Å². The van der Waals surface area contributed by atoms with E-state index in [0.29, 0.717) is 19.6 Å². The van der Waals surface area contributed by atoms with Gasteiger partial charge in [-0.3, -0.25) is 4.79 Å². The number of nitrogens with one attached hydrogen (secondary N) is 1. The molecule has 1 unspecified atom stereocenters. The van der Waals surface area contributed by atoms with E-state index in [0.717, 1.165) is 19.3 Å². The Morgan fingerprint density at radius 2 is 2.24 bits per heavy atom. The fourth-order valence-corrected chi connectivity index (χ4v) is 2.28. The molecule has 3 N–H and O–H groups in total. The summed E-state index contributed by atoms with van der Waals surface area (Å²) < 4.78 is 4.54. The second kappa shape index (κ2) is 4.52. The van der Waals surface area contributed by atoms with Gasteiger partial charge in [-0.05, 0) is 19.3 Å². The molecule has 0 radical (unpaired) electrons. The quantitative estimate of drug-likeness (QED) is 0.709. The molecule has 2 amide bonds. The number of carbonyl (C=O) groups excluding carboxylic acids is 2. The van der Waals surface area contributed by atoms with Gasteiger partial charge in [-0.15, -0.1) is 0 Å². The number of rotatable bonds is 3. The van der Waals surface area contributed by atoms with Crippen molar-refractivity contribution in [3.8, 4) is 0 Å². The van der Waals surface area contributed by atoms with Crippen molar-refractivity contribution < 1.29 is 14.3 Å². The number of alkyl carbamates (subject to hydrolysis) is 1. The first-order valence-corrected chi connectivity index (χ1v) is 5.95. The predicted octanol–water partition coefficient (Wildman–Crippen LogP) is -0.318. The molecule has 0 aromatic carbocycles. The summed E-state index contributed by atoms with van der Waals surface area (Å²) in [5.74, 6) is 0.147. The average molecular weight is 241 g/mol. The van der Waals surface area contributed by atoms with Crippen molar-refractivity contribution in [2.45, 2.75) is 25.3 Å². The molecule has 1 aliphatic heterocycles. The summed E-state index contributed by atoms with van der Waals surface area (Å²) in [6.45, 7) is 1.68. The van der Waals surface area contributed by atoms with Gasteiger partial charge in [0.1, 0.15) is 0 Å². The fraction of sp³-hybridized carbons (Fsp3) is 0.818. The number of nitrogens with zero attached hydrogens (tertiary/aromatic N) is 1. The van der Waals surface area contributed by atoms with E-state index in [-0.39, 0.29) is 17.4 Å². The van der Waals surface area contributed by atoms with Crippen LogP contribution in [0.3, 0.4) is 0 Å². The minimum absolute atomic E-state index is 0.0000236. The molecule has 2 aliphatic rings. The van der Waals surface area contributed by atoms with Gasteiger partial charge in [0.25, 0.3) is 0 Å². The molecule has 6 nitrogen and oxygen atoms in total. The molecule has 1 saturated heterocycles. The zero-order valence-corrected chi connectivity index (χ0v) is 10.1. The van der Waals surface area contributed by atoms with Crippen LogP contribution in [0.4, 0.5) is 4.79 Å². The number of methoxy groups -OCH3 is 1. The lowest BCUT2D eigenvalue weighted by atomic mass is 10.1. The largest absolute Gasteiger partial charge is 0.453 e. The maximum absolute atomic E-state index is 12.2. The van der Waals surface area contributed by atoms with E-state index in [1.807, 2.05) is 0 Å². The minimum atomic E-state index is -0.441. The van der Waals surface area contributed by atoms with E-state index in [4.69, 9.17) is 5.73 Å². The highest BCUT2D eigenvalue weighted by Gasteiger charge is 2.51. The summed E-state index contributed by atoms with van der Waals surface area (Å²) in [4.78, 5) is 25.0. The highest BCUT2D eigenvalue weighted by atomic mass is 16.5. The first-order chi connectivity index (χ1) is 8.11. The lowest BCUT2D eigenvalue weighted by Gasteiger charge is -2.22. The number of nitrogens with two attached hydrogens (primary N) is 1. The second-order valence-electron chi connectivity index (χ2n) is 4.86. The van der Waals surface area contributed by atoms with E-state index in [2.05, 4.69) is 10.1 Å². The highest BCUT2D eigenvalue weighted by molar-refractivity contribution is 5.86. The third-order valence-corrected chi connectivity index (χ3v) is 3.68. The van der Waals surface area contributed by atoms with E-state index < -0.39 is 6.09 Å². The molecule has 0 aromatic rings. The third kappa shape index (κ3) is 2.36. The molecule has 1 heterocycles. The van der Waals surface area contributed by atoms with Crippen LogP contribution in [0, 0.1) is 5.41 Å². The van der Waals surface area contributed by atoms with E-state index in [1.165, 1.54) is 7.11 Å². The average Bonchev–Trinajstić information content (AvgIpc) is 3.02. The summed E-state index contributed by atoms with van der Waals surface area (Å²) in [7, 11) is 1.33. The Bertz CT molecular complexity index is 328. The summed E-state index contributed by atoms with van der Waals surface area (Å²) in [5, 5.41) is 2.72. The van der Waals surface area contributed by atoms with Crippen molar-refractivity contribution in [1.29, 1.82) is 0 Å². The molecule has 17 heavy (non-hydrogen) atoms. The summed E-state index contributed by atoms with van der Waals surface area (Å²) >= 11 is 0. The van der Waals surface area contributed by atoms with Gasteiger partial charge in [0.15, 0.2) is 0 Å². The van der Waals surface area contributed by atoms with E-state index in [9.17, 15) is 9.59 Å². The topological polar surface area (TPSA) is 84.7 Å². The smallest absolute Gasteiger partial charge is 0.407 e. The number of carbonyl (C=O) groups is 2. The maximum Gasteiger partial charge on any atom is 0.407 e. The van der Waals surface area contributed by atoms with Crippen LogP contribution >= 0.6 is 0 Å². The molecule has 0 bridgehead atoms. The Hall–Kier alpha value is -1.30. The summed E-state index contributed by atoms with van der Waals surface area (Å²) in [5.41, 5.74) is 5.35. The van der Waals surface area contributed by atoms with Crippen molar-refractivity contribution in [3.05, 3.63) is 0 Å². The zero-order chi connectivity index (χ0) is 12.5. The van der Waals surface area contributed by atoms with Crippen LogP contribution in [0.25, 0.3) is 0 Å². The molecule has 6 heteroatoms. The van der Waals surface area contributed by atoms with Crippen LogP contribution in [0.5, 0.6) is 0 Å². The molecule has 96 valence electrons. The lowest BCUT2D eigenvalue weighted by molar-refractivity contribution is -0.135. The van der Waals surface area contributed by atoms with E-state index >= 15 is 0 Å². The maximum atomic E-state index is 12.2. The van der Waals surface area contributed by atoms with Crippen molar-refractivity contribution in [3.63, 3.8) is 0 Å². The SMILES string of the molecule is COC(=O)NC1CCN(C(=O)C2(CN)CC2)C1. The number of hydrogen-bond donors (Lipinski definition) is 2. The Labute approximate surface area is 100 Å². The Balaban J connectivity index is 1.85. The van der Waals surface area contributed by atoms with Gasteiger partial charge in [-0.2, -0.15) is 0 Å². The molecule has 1 atom stereocenters. The number of likely N-dealkylation sites (tertiary alicyclic amines) is 1. The Morgan fingerprint density at radius 1 is 1.53 bits per heavy atom. The number of amides is 2. The van der Waals surface area contributed by atoms with Gasteiger partial charge in [0.05, 0.1) is 18.6 Å². The summed E-state index contributed by atoms with van der Waals surface area (Å²) in [6, 6.07) is -0.0000236. The Kier molecular flexibility index (Phi) is 3.24. The molecule has 0 aromatic heterocycles. The van der Waals surface area contributed by atoms with Crippen LogP contribution in [0.2, 0.25) is 0 Å². The summed E-state index contributed by atoms with van der Waals surface area (Å²) in [6.07, 6.45) is 2.13. The molecule has 0 spiro atoms. The van der Waals surface area contributed by atoms with Crippen molar-refractivity contribution >= 4 is 12.0 Å². The van der Waals surface area contributed by atoms with Gasteiger partial charge >= 0.3 is 6.09 Å². The predicted molar refractivity (Wildman–Crippen MR) is 61.2 cm³/mol. The van der Waals surface area contributed by atoms with Gasteiger partial charge in [-0.25, -0.2) is 4.79 Å². The molecular weight excluding hydrogens is 222 g/mol. The molecule has 1 aliphatic carbocycles. The second-order valence-corrected chi connectivity index (χ2v) is 4.86. The normalized spacial score (nSPS) is 25.5. The zero-order valence-electron chi connectivity index (χ0n) is 10.1. The monoisotopic (exact) mass is 241 g/mol. The van der Waals surface area contributed by atoms with Crippen molar-refractivity contribution in [2.24, 2.45) is 11.1 Å². The highest BCUT2D eigenvalue weighted by Crippen LogP contribution is 2.46. The van der Waals surface area contributed by atoms with Gasteiger partial charge in [0.2, 0.25) is 5.91 Å². The first kappa shape index (κ1) is 12.2. The van der Waals surface area contributed by atoms with Crippen molar-refractivity contribution in [1.82, 2.24) is 10.2 Å². The van der Waals surface area contributed by atoms with Crippen LogP contribution in [0.15, 0.2) is 0 Å². The molecule has 1 saturated carbocycles. The van der Waals surface area contributed by atoms with E-state index in [1.54, 1.807) is 4.90 Å². The first-order valence-electron chi connectivity index (χ1n) is 5.95. The lowest BCUT2D eigenvalue weighted by Crippen LogP contribution is -2.42. The van der Waals surface area contributed by atoms with Crippen LogP contribution in [-0.2, 0) is 9.53 Å². The fourth-order valence-electron chi connectivity index (χ4n) is 2.28. The number of hydrogen-bond acceptors (Lipinski definition) is 4. The van der Waals surface area contributed by atoms with Crippen LogP contribution < -0.4 is 11.1 Å². The molecule has 2 fully saturated rings. The van der Waals surface area contributed by atoms with Gasteiger partial charge < -0.3 is 20.7 Å². The molecule has 2 rings (SSSR count). The van der Waals surface area contributed by atoms with Gasteiger partial charge in [0, 0.05) is 19.6 Å².